The summed E-state index contributed by atoms with van der Waals surface area (Å²) < 4.78 is 0. The molecule has 2 nitrogen and oxygen atoms in total. The minimum Gasteiger partial charge on any atom is -0.312 e. The lowest BCUT2D eigenvalue weighted by molar-refractivity contribution is 0.287. The van der Waals surface area contributed by atoms with Gasteiger partial charge in [0, 0.05) is 18.6 Å². The van der Waals surface area contributed by atoms with Crippen LogP contribution in [0, 0.1) is 6.92 Å². The van der Waals surface area contributed by atoms with Gasteiger partial charge in [0.05, 0.1) is 0 Å². The summed E-state index contributed by atoms with van der Waals surface area (Å²) in [6.07, 6.45) is 2.75. The Morgan fingerprint density at radius 1 is 1.38 bits per heavy atom. The van der Waals surface area contributed by atoms with Crippen molar-refractivity contribution in [2.24, 2.45) is 0 Å². The highest BCUT2D eigenvalue weighted by molar-refractivity contribution is 5.29. The van der Waals surface area contributed by atoms with Crippen molar-refractivity contribution in [3.63, 3.8) is 0 Å². The van der Waals surface area contributed by atoms with E-state index in [0.29, 0.717) is 6.04 Å². The van der Waals surface area contributed by atoms with Crippen molar-refractivity contribution in [3.8, 4) is 0 Å². The van der Waals surface area contributed by atoms with Crippen molar-refractivity contribution >= 4 is 0 Å². The van der Waals surface area contributed by atoms with Crippen molar-refractivity contribution in [3.05, 3.63) is 35.4 Å². The monoisotopic (exact) mass is 218 g/mol. The molecule has 1 aromatic carbocycles. The highest BCUT2D eigenvalue weighted by Crippen LogP contribution is 2.27. The Labute approximate surface area is 98.7 Å². The Bertz CT molecular complexity index is 344. The van der Waals surface area contributed by atoms with Crippen LogP contribution in [0.4, 0.5) is 0 Å². The van der Waals surface area contributed by atoms with Gasteiger partial charge in [-0.2, -0.15) is 0 Å². The van der Waals surface area contributed by atoms with Gasteiger partial charge in [0.1, 0.15) is 0 Å². The van der Waals surface area contributed by atoms with Gasteiger partial charge < -0.3 is 10.2 Å². The van der Waals surface area contributed by atoms with Gasteiger partial charge in [0.15, 0.2) is 0 Å². The van der Waals surface area contributed by atoms with E-state index < -0.39 is 0 Å². The Morgan fingerprint density at radius 3 is 2.62 bits per heavy atom. The number of aryl methyl sites for hydroxylation is 1. The maximum absolute atomic E-state index is 3.43. The van der Waals surface area contributed by atoms with E-state index in [0.717, 1.165) is 12.6 Å². The summed E-state index contributed by atoms with van der Waals surface area (Å²) in [5.41, 5.74) is 2.81. The average molecular weight is 218 g/mol. The van der Waals surface area contributed by atoms with Crippen molar-refractivity contribution in [2.45, 2.75) is 31.8 Å². The fourth-order valence-electron chi connectivity index (χ4n) is 2.28. The van der Waals surface area contributed by atoms with Crippen molar-refractivity contribution < 1.29 is 0 Å². The summed E-state index contributed by atoms with van der Waals surface area (Å²) >= 11 is 0. The van der Waals surface area contributed by atoms with Crippen LogP contribution in [0.2, 0.25) is 0 Å². The van der Waals surface area contributed by atoms with E-state index in [2.05, 4.69) is 55.5 Å². The van der Waals surface area contributed by atoms with Crippen molar-refractivity contribution in [1.29, 1.82) is 0 Å². The minimum atomic E-state index is 0.451. The van der Waals surface area contributed by atoms with E-state index in [-0.39, 0.29) is 0 Å². The maximum atomic E-state index is 3.43. The lowest BCUT2D eigenvalue weighted by Crippen LogP contribution is -2.32. The van der Waals surface area contributed by atoms with Crippen LogP contribution < -0.4 is 5.32 Å². The van der Waals surface area contributed by atoms with Crippen molar-refractivity contribution in [1.82, 2.24) is 10.2 Å². The first-order chi connectivity index (χ1) is 7.72. The molecule has 0 saturated heterocycles. The highest BCUT2D eigenvalue weighted by atomic mass is 15.2. The molecule has 1 aromatic rings. The van der Waals surface area contributed by atoms with Crippen LogP contribution in [0.5, 0.6) is 0 Å². The second-order valence-electron chi connectivity index (χ2n) is 4.87. The summed E-state index contributed by atoms with van der Waals surface area (Å²) in [5, 5.41) is 3.43. The highest BCUT2D eigenvalue weighted by Gasteiger charge is 2.27. The fourth-order valence-corrected chi connectivity index (χ4v) is 2.28. The molecular formula is C14H22N2. The van der Waals surface area contributed by atoms with Crippen LogP contribution in [0.3, 0.4) is 0 Å². The number of hydrogen-bond donors (Lipinski definition) is 1. The SMILES string of the molecule is CNC(CN(C)C1CC1)c1ccccc1C. The van der Waals surface area contributed by atoms with E-state index in [1.807, 2.05) is 0 Å². The molecular weight excluding hydrogens is 196 g/mol. The van der Waals surface area contributed by atoms with Crippen LogP contribution in [0.15, 0.2) is 24.3 Å². The molecule has 0 bridgehead atoms. The van der Waals surface area contributed by atoms with Crippen molar-refractivity contribution in [2.75, 3.05) is 20.6 Å². The molecule has 1 fully saturated rings. The zero-order valence-corrected chi connectivity index (χ0v) is 10.5. The molecule has 16 heavy (non-hydrogen) atoms. The summed E-state index contributed by atoms with van der Waals surface area (Å²) in [6.45, 7) is 3.29. The van der Waals surface area contributed by atoms with Gasteiger partial charge in [-0.15, -0.1) is 0 Å². The number of benzene rings is 1. The van der Waals surface area contributed by atoms with E-state index in [1.165, 1.54) is 24.0 Å². The van der Waals surface area contributed by atoms with Gasteiger partial charge in [0.25, 0.3) is 0 Å². The number of hydrogen-bond acceptors (Lipinski definition) is 2. The maximum Gasteiger partial charge on any atom is 0.0449 e. The normalized spacial score (nSPS) is 17.8. The third-order valence-electron chi connectivity index (χ3n) is 3.55. The molecule has 2 heteroatoms. The lowest BCUT2D eigenvalue weighted by Gasteiger charge is -2.25. The molecule has 0 spiro atoms. The number of likely N-dealkylation sites (N-methyl/N-ethyl adjacent to an activating group) is 2. The molecule has 0 heterocycles. The predicted molar refractivity (Wildman–Crippen MR) is 68.6 cm³/mol. The number of nitrogens with zero attached hydrogens (tertiary/aromatic N) is 1. The summed E-state index contributed by atoms with van der Waals surface area (Å²) in [6, 6.07) is 9.94. The van der Waals surface area contributed by atoms with E-state index in [1.54, 1.807) is 0 Å². The molecule has 0 aromatic heterocycles. The predicted octanol–water partition coefficient (Wildman–Crippen LogP) is 2.35. The second kappa shape index (κ2) is 4.98. The Kier molecular flexibility index (Phi) is 3.62. The summed E-state index contributed by atoms with van der Waals surface area (Å²) in [7, 11) is 4.29. The first-order valence-corrected chi connectivity index (χ1v) is 6.15. The zero-order valence-electron chi connectivity index (χ0n) is 10.5. The summed E-state index contributed by atoms with van der Waals surface area (Å²) in [5.74, 6) is 0. The van der Waals surface area contributed by atoms with Crippen LogP contribution in [-0.4, -0.2) is 31.6 Å². The third kappa shape index (κ3) is 2.63. The molecule has 1 saturated carbocycles. The molecule has 1 aliphatic rings. The standard InChI is InChI=1S/C14H22N2/c1-11-6-4-5-7-13(11)14(15-2)10-16(3)12-8-9-12/h4-7,12,14-15H,8-10H2,1-3H3. The first-order valence-electron chi connectivity index (χ1n) is 6.15. The third-order valence-corrected chi connectivity index (χ3v) is 3.55. The van der Waals surface area contributed by atoms with E-state index in [9.17, 15) is 0 Å². The summed E-state index contributed by atoms with van der Waals surface area (Å²) in [4.78, 5) is 2.48. The first kappa shape index (κ1) is 11.6. The van der Waals surface area contributed by atoms with Gasteiger partial charge in [-0.05, 0) is 45.0 Å². The van der Waals surface area contributed by atoms with Crippen LogP contribution in [0.1, 0.15) is 30.0 Å². The van der Waals surface area contributed by atoms with Gasteiger partial charge in [-0.3, -0.25) is 0 Å². The number of rotatable bonds is 5. The largest absolute Gasteiger partial charge is 0.312 e. The average Bonchev–Trinajstić information content (AvgIpc) is 3.10. The molecule has 88 valence electrons. The molecule has 1 atom stereocenters. The van der Waals surface area contributed by atoms with Gasteiger partial charge >= 0.3 is 0 Å². The molecule has 0 amide bonds. The van der Waals surface area contributed by atoms with Crippen LogP contribution in [0.25, 0.3) is 0 Å². The topological polar surface area (TPSA) is 15.3 Å². The molecule has 0 aliphatic heterocycles. The van der Waals surface area contributed by atoms with Crippen LogP contribution >= 0.6 is 0 Å². The zero-order chi connectivity index (χ0) is 11.5. The molecule has 2 rings (SSSR count). The van der Waals surface area contributed by atoms with E-state index in [4.69, 9.17) is 0 Å². The van der Waals surface area contributed by atoms with Gasteiger partial charge in [-0.25, -0.2) is 0 Å². The van der Waals surface area contributed by atoms with Gasteiger partial charge in [-0.1, -0.05) is 24.3 Å². The molecule has 0 radical (unpaired) electrons. The molecule has 1 aliphatic carbocycles. The molecule has 1 N–H and O–H groups in total. The van der Waals surface area contributed by atoms with Gasteiger partial charge in [0.2, 0.25) is 0 Å². The molecule has 1 unspecified atom stereocenters. The Morgan fingerprint density at radius 2 is 2.06 bits per heavy atom. The minimum absolute atomic E-state index is 0.451. The van der Waals surface area contributed by atoms with E-state index >= 15 is 0 Å². The van der Waals surface area contributed by atoms with Crippen LogP contribution in [-0.2, 0) is 0 Å². The quantitative estimate of drug-likeness (QED) is 0.816. The Hall–Kier alpha value is -0.860. The smallest absolute Gasteiger partial charge is 0.0449 e. The Balaban J connectivity index is 2.06. The second-order valence-corrected chi connectivity index (χ2v) is 4.87. The lowest BCUT2D eigenvalue weighted by atomic mass is 10.0. The number of nitrogens with one attached hydrogen (secondary N) is 1. The fraction of sp³-hybridized carbons (Fsp3) is 0.571.